The van der Waals surface area contributed by atoms with Crippen LogP contribution in [-0.2, 0) is 5.41 Å². The van der Waals surface area contributed by atoms with E-state index < -0.39 is 0 Å². The molecule has 10 rings (SSSR count). The quantitative estimate of drug-likeness (QED) is 0.188. The zero-order valence-electron chi connectivity index (χ0n) is 25.6. The predicted octanol–water partition coefficient (Wildman–Crippen LogP) is 11.0. The number of fused-ring (bicyclic) bond motifs is 11. The van der Waals surface area contributed by atoms with Crippen LogP contribution >= 0.6 is 0 Å². The highest BCUT2D eigenvalue weighted by atomic mass is 15.1. The molecule has 1 aliphatic carbocycles. The maximum absolute atomic E-state index is 5.54. The zero-order valence-corrected chi connectivity index (χ0v) is 25.6. The lowest BCUT2D eigenvalue weighted by molar-refractivity contribution is 0.661. The lowest BCUT2D eigenvalue weighted by atomic mass is 9.82. The molecule has 0 atom stereocenters. The van der Waals surface area contributed by atoms with E-state index in [1.165, 1.54) is 49.3 Å². The van der Waals surface area contributed by atoms with Crippen LogP contribution in [0, 0.1) is 0 Å². The van der Waals surface area contributed by atoms with Crippen LogP contribution in [0.5, 0.6) is 0 Å². The Balaban J connectivity index is 1.44. The molecule has 0 N–H and O–H groups in total. The minimum absolute atomic E-state index is 0.123. The molecule has 46 heavy (non-hydrogen) atoms. The monoisotopic (exact) mass is 587 g/mol. The summed E-state index contributed by atoms with van der Waals surface area (Å²) in [6.45, 7) is 4.70. The fourth-order valence-electron chi connectivity index (χ4n) is 7.92. The molecule has 0 unspecified atom stereocenters. The van der Waals surface area contributed by atoms with Crippen LogP contribution in [0.4, 0.5) is 0 Å². The number of aromatic nitrogens is 3. The minimum Gasteiger partial charge on any atom is -0.291 e. The summed E-state index contributed by atoms with van der Waals surface area (Å²) in [5.41, 5.74) is 11.2. The van der Waals surface area contributed by atoms with Crippen molar-refractivity contribution >= 4 is 54.4 Å². The second-order valence-electron chi connectivity index (χ2n) is 13.0. The Labute approximate surface area is 266 Å². The van der Waals surface area contributed by atoms with Gasteiger partial charge in [-0.2, -0.15) is 0 Å². The fraction of sp³-hybridized carbons (Fsp3) is 0.0698. The molecule has 3 nitrogen and oxygen atoms in total. The first-order valence-corrected chi connectivity index (χ1v) is 15.9. The molecule has 0 fully saturated rings. The van der Waals surface area contributed by atoms with E-state index in [0.29, 0.717) is 0 Å². The third-order valence-electron chi connectivity index (χ3n) is 10.1. The first-order chi connectivity index (χ1) is 22.6. The normalized spacial score (nSPS) is 13.6. The molecule has 0 amide bonds. The van der Waals surface area contributed by atoms with Crippen LogP contribution in [0.1, 0.15) is 25.0 Å². The SMILES string of the molecule is CC1(C)c2ccccc2-c2c1ccc1c3cc4ccccc4cc3n(-c3nc4ccc5ccccc5c4nc3-c3ccccc3)c21. The summed E-state index contributed by atoms with van der Waals surface area (Å²) >= 11 is 0. The summed E-state index contributed by atoms with van der Waals surface area (Å²) in [6, 6.07) is 50.2. The van der Waals surface area contributed by atoms with Gasteiger partial charge in [-0.25, -0.2) is 9.97 Å². The number of rotatable bonds is 2. The molecule has 0 spiro atoms. The third kappa shape index (κ3) is 3.37. The van der Waals surface area contributed by atoms with Crippen LogP contribution < -0.4 is 0 Å². The van der Waals surface area contributed by atoms with Crippen molar-refractivity contribution in [1.82, 2.24) is 14.5 Å². The van der Waals surface area contributed by atoms with Crippen molar-refractivity contribution in [3.63, 3.8) is 0 Å². The van der Waals surface area contributed by atoms with Crippen molar-refractivity contribution in [1.29, 1.82) is 0 Å². The number of hydrogen-bond donors (Lipinski definition) is 0. The Kier molecular flexibility index (Phi) is 5.06. The van der Waals surface area contributed by atoms with Gasteiger partial charge in [0.2, 0.25) is 0 Å². The molecular weight excluding hydrogens is 558 g/mol. The average Bonchev–Trinajstić information content (AvgIpc) is 3.55. The van der Waals surface area contributed by atoms with E-state index in [1.54, 1.807) is 0 Å². The lowest BCUT2D eigenvalue weighted by Gasteiger charge is -2.21. The molecule has 3 heteroatoms. The summed E-state index contributed by atoms with van der Waals surface area (Å²) in [7, 11) is 0. The van der Waals surface area contributed by atoms with Crippen LogP contribution in [-0.4, -0.2) is 14.5 Å². The van der Waals surface area contributed by atoms with Crippen molar-refractivity contribution in [2.75, 3.05) is 0 Å². The Morgan fingerprint density at radius 3 is 2.11 bits per heavy atom. The van der Waals surface area contributed by atoms with Gasteiger partial charge in [0.05, 0.1) is 22.1 Å². The fourth-order valence-corrected chi connectivity index (χ4v) is 7.92. The molecular formula is C43H29N3. The minimum atomic E-state index is -0.123. The van der Waals surface area contributed by atoms with E-state index in [1.807, 2.05) is 0 Å². The number of hydrogen-bond acceptors (Lipinski definition) is 2. The van der Waals surface area contributed by atoms with Crippen LogP contribution in [0.25, 0.3) is 82.6 Å². The van der Waals surface area contributed by atoms with Crippen molar-refractivity contribution in [3.8, 4) is 28.2 Å². The number of nitrogens with zero attached hydrogens (tertiary/aromatic N) is 3. The first kappa shape index (κ1) is 25.5. The van der Waals surface area contributed by atoms with E-state index in [-0.39, 0.29) is 5.41 Å². The van der Waals surface area contributed by atoms with Gasteiger partial charge in [0.15, 0.2) is 5.82 Å². The Morgan fingerprint density at radius 1 is 0.543 bits per heavy atom. The van der Waals surface area contributed by atoms with Gasteiger partial charge in [0.1, 0.15) is 5.69 Å². The molecule has 2 aromatic heterocycles. The van der Waals surface area contributed by atoms with E-state index in [9.17, 15) is 0 Å². The highest BCUT2D eigenvalue weighted by Gasteiger charge is 2.38. The predicted molar refractivity (Wildman–Crippen MR) is 192 cm³/mol. The van der Waals surface area contributed by atoms with Gasteiger partial charge >= 0.3 is 0 Å². The van der Waals surface area contributed by atoms with E-state index in [0.717, 1.165) is 44.4 Å². The van der Waals surface area contributed by atoms with Crippen molar-refractivity contribution in [2.24, 2.45) is 0 Å². The van der Waals surface area contributed by atoms with Gasteiger partial charge in [-0.1, -0.05) is 135 Å². The second-order valence-corrected chi connectivity index (χ2v) is 13.0. The van der Waals surface area contributed by atoms with Crippen molar-refractivity contribution in [3.05, 3.63) is 151 Å². The van der Waals surface area contributed by atoms with Crippen molar-refractivity contribution in [2.45, 2.75) is 19.3 Å². The van der Waals surface area contributed by atoms with Crippen molar-refractivity contribution < 1.29 is 0 Å². The molecule has 2 heterocycles. The molecule has 0 bridgehead atoms. The maximum Gasteiger partial charge on any atom is 0.165 e. The summed E-state index contributed by atoms with van der Waals surface area (Å²) in [5, 5.41) is 7.16. The lowest BCUT2D eigenvalue weighted by Crippen LogP contribution is -2.14. The van der Waals surface area contributed by atoms with Gasteiger partial charge in [0.25, 0.3) is 0 Å². The highest BCUT2D eigenvalue weighted by molar-refractivity contribution is 6.18. The zero-order chi connectivity index (χ0) is 30.6. The van der Waals surface area contributed by atoms with Gasteiger partial charge in [-0.3, -0.25) is 4.57 Å². The van der Waals surface area contributed by atoms with Gasteiger partial charge in [0, 0.05) is 32.7 Å². The smallest absolute Gasteiger partial charge is 0.165 e. The molecule has 0 radical (unpaired) electrons. The summed E-state index contributed by atoms with van der Waals surface area (Å²) in [5.74, 6) is 0.847. The summed E-state index contributed by atoms with van der Waals surface area (Å²) in [6.07, 6.45) is 0. The molecule has 216 valence electrons. The Morgan fingerprint density at radius 2 is 1.26 bits per heavy atom. The van der Waals surface area contributed by atoms with Gasteiger partial charge in [-0.05, 0) is 51.0 Å². The molecule has 0 saturated heterocycles. The van der Waals surface area contributed by atoms with E-state index >= 15 is 0 Å². The van der Waals surface area contributed by atoms with E-state index in [2.05, 4.69) is 158 Å². The second kappa shape index (κ2) is 9.12. The molecule has 0 saturated carbocycles. The molecule has 0 aliphatic heterocycles. The maximum atomic E-state index is 5.54. The summed E-state index contributed by atoms with van der Waals surface area (Å²) < 4.78 is 2.41. The standard InChI is InChI=1S/C43H29N3/c1-43(2)34-19-11-10-18-32(34)38-35(43)22-21-31-33-24-28-15-6-7-16-29(28)25-37(33)46(41(31)38)42-39(27-13-4-3-5-14-27)45-40-30-17-9-8-12-26(30)20-23-36(40)44-42/h3-25H,1-2H3. The van der Waals surface area contributed by atoms with Crippen LogP contribution in [0.3, 0.4) is 0 Å². The Hall–Kier alpha value is -5.80. The van der Waals surface area contributed by atoms with E-state index in [4.69, 9.17) is 9.97 Å². The topological polar surface area (TPSA) is 30.7 Å². The largest absolute Gasteiger partial charge is 0.291 e. The highest BCUT2D eigenvalue weighted by Crippen LogP contribution is 2.53. The molecule has 1 aliphatic rings. The van der Waals surface area contributed by atoms with Gasteiger partial charge in [-0.15, -0.1) is 0 Å². The molecule has 7 aromatic carbocycles. The van der Waals surface area contributed by atoms with Crippen LogP contribution in [0.15, 0.2) is 140 Å². The molecule has 9 aromatic rings. The first-order valence-electron chi connectivity index (χ1n) is 15.9. The van der Waals surface area contributed by atoms with Gasteiger partial charge < -0.3 is 0 Å². The summed E-state index contributed by atoms with van der Waals surface area (Å²) in [4.78, 5) is 11.0. The Bertz CT molecular complexity index is 2720. The number of benzene rings is 7. The third-order valence-corrected chi connectivity index (χ3v) is 10.1. The van der Waals surface area contributed by atoms with Crippen LogP contribution in [0.2, 0.25) is 0 Å². The average molecular weight is 588 g/mol.